The molecule has 0 saturated carbocycles. The van der Waals surface area contributed by atoms with Gasteiger partial charge in [0, 0.05) is 22.9 Å². The van der Waals surface area contributed by atoms with Gasteiger partial charge < -0.3 is 15.2 Å². The summed E-state index contributed by atoms with van der Waals surface area (Å²) in [5.41, 5.74) is 2.35. The van der Waals surface area contributed by atoms with Crippen molar-refractivity contribution in [2.75, 3.05) is 5.32 Å². The van der Waals surface area contributed by atoms with Crippen molar-refractivity contribution < 1.29 is 13.7 Å². The van der Waals surface area contributed by atoms with E-state index in [2.05, 4.69) is 20.8 Å². The molecule has 27 heavy (non-hydrogen) atoms. The zero-order valence-corrected chi connectivity index (χ0v) is 15.4. The van der Waals surface area contributed by atoms with Crippen LogP contribution in [0.2, 0.25) is 0 Å². The molecule has 3 aromatic rings. The lowest BCUT2D eigenvalue weighted by atomic mass is 10.1. The van der Waals surface area contributed by atoms with Crippen molar-refractivity contribution in [2.24, 2.45) is 0 Å². The number of anilines is 1. The third-order valence-corrected chi connectivity index (χ3v) is 4.21. The molecule has 0 unspecified atom stereocenters. The molecule has 0 radical (unpaired) electrons. The largest absolute Gasteiger partial charge is 0.335 e. The van der Waals surface area contributed by atoms with Gasteiger partial charge in [0.05, 0.1) is 0 Å². The molecule has 140 valence electrons. The minimum Gasteiger partial charge on any atom is -0.335 e. The first-order valence-corrected chi connectivity index (χ1v) is 8.74. The van der Waals surface area contributed by atoms with Crippen molar-refractivity contribution in [3.63, 3.8) is 0 Å². The van der Waals surface area contributed by atoms with Gasteiger partial charge in [-0.05, 0) is 50.1 Å². The molecular weight excluding hydrogens is 347 g/mol. The summed E-state index contributed by atoms with van der Waals surface area (Å²) < 4.78 is 19.0. The van der Waals surface area contributed by atoms with E-state index >= 15 is 0 Å². The van der Waals surface area contributed by atoms with Crippen molar-refractivity contribution in [1.29, 1.82) is 0 Å². The van der Waals surface area contributed by atoms with Crippen molar-refractivity contribution in [2.45, 2.75) is 33.2 Å². The van der Waals surface area contributed by atoms with Crippen LogP contribution in [0.15, 0.2) is 47.0 Å². The lowest BCUT2D eigenvalue weighted by molar-refractivity contribution is 0.249. The van der Waals surface area contributed by atoms with Gasteiger partial charge in [0.1, 0.15) is 5.82 Å². The molecule has 1 heterocycles. The van der Waals surface area contributed by atoms with E-state index in [4.69, 9.17) is 4.52 Å². The average molecular weight is 368 g/mol. The molecule has 1 aromatic heterocycles. The second-order valence-corrected chi connectivity index (χ2v) is 6.38. The Morgan fingerprint density at radius 1 is 1.22 bits per heavy atom. The van der Waals surface area contributed by atoms with Crippen molar-refractivity contribution >= 4 is 11.7 Å². The summed E-state index contributed by atoms with van der Waals surface area (Å²) >= 11 is 0. The van der Waals surface area contributed by atoms with Crippen LogP contribution in [0.4, 0.5) is 14.9 Å². The van der Waals surface area contributed by atoms with Gasteiger partial charge in [-0.15, -0.1) is 0 Å². The zero-order valence-electron chi connectivity index (χ0n) is 15.4. The molecule has 3 rings (SSSR count). The molecule has 0 aliphatic carbocycles. The highest BCUT2D eigenvalue weighted by molar-refractivity contribution is 5.90. The second kappa shape index (κ2) is 7.99. The molecule has 0 saturated heterocycles. The Balaban J connectivity index is 1.78. The van der Waals surface area contributed by atoms with Crippen LogP contribution in [0.5, 0.6) is 0 Å². The molecule has 2 N–H and O–H groups in total. The summed E-state index contributed by atoms with van der Waals surface area (Å²) in [7, 11) is 0. The first-order valence-electron chi connectivity index (χ1n) is 8.74. The van der Waals surface area contributed by atoms with E-state index in [0.29, 0.717) is 28.2 Å². The Kier molecular flexibility index (Phi) is 5.49. The molecule has 2 aromatic carbocycles. The molecule has 0 spiro atoms. The lowest BCUT2D eigenvalue weighted by Crippen LogP contribution is -2.35. The minimum atomic E-state index is -0.328. The fourth-order valence-corrected chi connectivity index (χ4v) is 2.41. The van der Waals surface area contributed by atoms with Crippen molar-refractivity contribution in [1.82, 2.24) is 15.5 Å². The van der Waals surface area contributed by atoms with Crippen LogP contribution in [0.1, 0.15) is 25.8 Å². The van der Waals surface area contributed by atoms with Gasteiger partial charge in [-0.2, -0.15) is 4.98 Å². The van der Waals surface area contributed by atoms with Gasteiger partial charge in [0.2, 0.25) is 5.82 Å². The molecule has 0 aliphatic rings. The maximum atomic E-state index is 13.7. The normalized spacial score (nSPS) is 11.9. The van der Waals surface area contributed by atoms with Crippen LogP contribution in [-0.4, -0.2) is 22.2 Å². The van der Waals surface area contributed by atoms with E-state index in [0.717, 1.165) is 6.42 Å². The van der Waals surface area contributed by atoms with E-state index < -0.39 is 0 Å². The van der Waals surface area contributed by atoms with E-state index in [1.807, 2.05) is 19.9 Å². The van der Waals surface area contributed by atoms with Gasteiger partial charge in [0.25, 0.3) is 5.89 Å². The smallest absolute Gasteiger partial charge is 0.319 e. The maximum absolute atomic E-state index is 13.7. The third-order valence-electron chi connectivity index (χ3n) is 4.21. The van der Waals surface area contributed by atoms with Gasteiger partial charge in [0.15, 0.2) is 0 Å². The summed E-state index contributed by atoms with van der Waals surface area (Å²) in [5, 5.41) is 9.58. The van der Waals surface area contributed by atoms with E-state index in [1.54, 1.807) is 37.3 Å². The Morgan fingerprint density at radius 2 is 2.04 bits per heavy atom. The van der Waals surface area contributed by atoms with Crippen LogP contribution in [-0.2, 0) is 0 Å². The standard InChI is InChI=1S/C20H21FN4O2/c1-4-13(3)22-20(26)23-16-7-5-6-14(10-16)18-24-19(27-25-18)15-9-8-12(2)17(21)11-15/h5-11,13H,4H2,1-3H3,(H2,22,23,26)/t13-/m1/s1. The summed E-state index contributed by atoms with van der Waals surface area (Å²) in [5.74, 6) is 0.263. The fourth-order valence-electron chi connectivity index (χ4n) is 2.41. The number of carbonyl (C=O) groups excluding carboxylic acids is 1. The maximum Gasteiger partial charge on any atom is 0.319 e. The number of aromatic nitrogens is 2. The molecule has 1 atom stereocenters. The number of nitrogens with zero attached hydrogens (tertiary/aromatic N) is 2. The highest BCUT2D eigenvalue weighted by Crippen LogP contribution is 2.25. The number of aryl methyl sites for hydroxylation is 1. The Labute approximate surface area is 156 Å². The summed E-state index contributed by atoms with van der Waals surface area (Å²) in [6.45, 7) is 5.62. The molecule has 7 heteroatoms. The van der Waals surface area contributed by atoms with Crippen LogP contribution in [0, 0.1) is 12.7 Å². The number of urea groups is 1. The fraction of sp³-hybridized carbons (Fsp3) is 0.250. The number of carbonyl (C=O) groups is 1. The second-order valence-electron chi connectivity index (χ2n) is 6.38. The molecule has 0 fully saturated rings. The number of rotatable bonds is 5. The molecule has 0 aliphatic heterocycles. The number of amides is 2. The van der Waals surface area contributed by atoms with E-state index in [9.17, 15) is 9.18 Å². The molecule has 0 bridgehead atoms. The van der Waals surface area contributed by atoms with Gasteiger partial charge in [-0.1, -0.05) is 30.3 Å². The van der Waals surface area contributed by atoms with Crippen LogP contribution < -0.4 is 10.6 Å². The van der Waals surface area contributed by atoms with E-state index in [1.165, 1.54) is 6.07 Å². The lowest BCUT2D eigenvalue weighted by Gasteiger charge is -2.12. The van der Waals surface area contributed by atoms with Gasteiger partial charge in [-0.3, -0.25) is 0 Å². The number of benzene rings is 2. The van der Waals surface area contributed by atoms with Crippen LogP contribution in [0.3, 0.4) is 0 Å². The average Bonchev–Trinajstić information content (AvgIpc) is 3.14. The molecular formula is C20H21FN4O2. The van der Waals surface area contributed by atoms with Gasteiger partial charge >= 0.3 is 6.03 Å². The first-order chi connectivity index (χ1) is 13.0. The predicted molar refractivity (Wildman–Crippen MR) is 102 cm³/mol. The van der Waals surface area contributed by atoms with Crippen LogP contribution >= 0.6 is 0 Å². The van der Waals surface area contributed by atoms with E-state index in [-0.39, 0.29) is 23.8 Å². The van der Waals surface area contributed by atoms with Gasteiger partial charge in [-0.25, -0.2) is 9.18 Å². The summed E-state index contributed by atoms with van der Waals surface area (Å²) in [6, 6.07) is 11.7. The first kappa shape index (κ1) is 18.6. The number of nitrogens with one attached hydrogen (secondary N) is 2. The Hall–Kier alpha value is -3.22. The molecule has 2 amide bonds. The number of hydrogen-bond acceptors (Lipinski definition) is 4. The minimum absolute atomic E-state index is 0.0860. The Bertz CT molecular complexity index is 955. The summed E-state index contributed by atoms with van der Waals surface area (Å²) in [6.07, 6.45) is 0.846. The zero-order chi connectivity index (χ0) is 19.4. The summed E-state index contributed by atoms with van der Waals surface area (Å²) in [4.78, 5) is 16.3. The molecule has 6 nitrogen and oxygen atoms in total. The SMILES string of the molecule is CC[C@@H](C)NC(=O)Nc1cccc(-c2noc(-c3ccc(C)c(F)c3)n2)c1. The highest BCUT2D eigenvalue weighted by Gasteiger charge is 2.13. The number of halogens is 1. The highest BCUT2D eigenvalue weighted by atomic mass is 19.1. The number of hydrogen-bond donors (Lipinski definition) is 2. The van der Waals surface area contributed by atoms with Crippen molar-refractivity contribution in [3.8, 4) is 22.8 Å². The predicted octanol–water partition coefficient (Wildman–Crippen LogP) is 4.77. The topological polar surface area (TPSA) is 80.0 Å². The quantitative estimate of drug-likeness (QED) is 0.680. The monoisotopic (exact) mass is 368 g/mol. The van der Waals surface area contributed by atoms with Crippen LogP contribution in [0.25, 0.3) is 22.8 Å². The Morgan fingerprint density at radius 3 is 2.78 bits per heavy atom. The van der Waals surface area contributed by atoms with Crippen molar-refractivity contribution in [3.05, 3.63) is 53.8 Å². The third kappa shape index (κ3) is 4.49.